The van der Waals surface area contributed by atoms with E-state index in [-0.39, 0.29) is 11.7 Å². The van der Waals surface area contributed by atoms with Crippen molar-refractivity contribution >= 4 is 17.6 Å². The molecule has 5 nitrogen and oxygen atoms in total. The van der Waals surface area contributed by atoms with Crippen LogP contribution in [0.2, 0.25) is 0 Å². The van der Waals surface area contributed by atoms with Crippen molar-refractivity contribution in [2.24, 2.45) is 17.6 Å². The Morgan fingerprint density at radius 2 is 2.05 bits per heavy atom. The number of imide groups is 1. The molecule has 3 atom stereocenters. The number of Topliss-reactive ketones (excluding diaryl/α,β-unsaturated/α-hetero) is 1. The fraction of sp³-hybridized carbons (Fsp3) is 0.500. The summed E-state index contributed by atoms with van der Waals surface area (Å²) >= 11 is 0. The van der Waals surface area contributed by atoms with E-state index in [4.69, 9.17) is 5.73 Å². The van der Waals surface area contributed by atoms with Gasteiger partial charge in [-0.1, -0.05) is 25.2 Å². The molecule has 5 heteroatoms. The number of carbonyl (C=O) groups is 3. The molecule has 19 heavy (non-hydrogen) atoms. The Hall–Kier alpha value is -1.75. The molecule has 0 saturated carbocycles. The lowest BCUT2D eigenvalue weighted by Crippen LogP contribution is -2.41. The summed E-state index contributed by atoms with van der Waals surface area (Å²) in [6, 6.07) is -0.791. The molecule has 2 N–H and O–H groups in total. The quantitative estimate of drug-likeness (QED) is 0.454. The van der Waals surface area contributed by atoms with Gasteiger partial charge in [-0.05, 0) is 18.4 Å². The van der Waals surface area contributed by atoms with Gasteiger partial charge in [-0.2, -0.15) is 0 Å². The van der Waals surface area contributed by atoms with Gasteiger partial charge in [0.15, 0.2) is 5.78 Å². The predicted molar refractivity (Wildman–Crippen MR) is 69.9 cm³/mol. The number of hydrogen-bond acceptors (Lipinski definition) is 4. The van der Waals surface area contributed by atoms with Crippen LogP contribution >= 0.6 is 0 Å². The molecule has 0 aromatic rings. The number of nitrogens with two attached hydrogens (primary N) is 1. The summed E-state index contributed by atoms with van der Waals surface area (Å²) in [7, 11) is 1.41. The van der Waals surface area contributed by atoms with Gasteiger partial charge in [-0.15, -0.1) is 0 Å². The first-order valence-corrected chi connectivity index (χ1v) is 6.39. The Morgan fingerprint density at radius 1 is 1.37 bits per heavy atom. The van der Waals surface area contributed by atoms with Crippen LogP contribution in [0.3, 0.4) is 0 Å². The molecule has 1 aliphatic carbocycles. The van der Waals surface area contributed by atoms with Gasteiger partial charge in [0.2, 0.25) is 11.8 Å². The van der Waals surface area contributed by atoms with Gasteiger partial charge in [0.05, 0.1) is 12.0 Å². The summed E-state index contributed by atoms with van der Waals surface area (Å²) in [4.78, 5) is 37.1. The molecule has 0 bridgehead atoms. The average molecular weight is 262 g/mol. The first-order chi connectivity index (χ1) is 8.95. The highest BCUT2D eigenvalue weighted by atomic mass is 16.2. The second kappa shape index (κ2) is 5.09. The largest absolute Gasteiger partial charge is 0.318 e. The molecule has 1 unspecified atom stereocenters. The summed E-state index contributed by atoms with van der Waals surface area (Å²) in [5.74, 6) is -2.65. The minimum absolute atomic E-state index is 0.312. The molecule has 1 heterocycles. The van der Waals surface area contributed by atoms with Crippen LogP contribution < -0.4 is 5.73 Å². The van der Waals surface area contributed by atoms with Crippen LogP contribution in [0.1, 0.15) is 19.8 Å². The molecule has 1 aliphatic heterocycles. The van der Waals surface area contributed by atoms with Crippen LogP contribution in [0, 0.1) is 11.8 Å². The second-order valence-electron chi connectivity index (χ2n) is 5.07. The van der Waals surface area contributed by atoms with Gasteiger partial charge in [0.25, 0.3) is 0 Å². The summed E-state index contributed by atoms with van der Waals surface area (Å²) in [5.41, 5.74) is 6.78. The maximum atomic E-state index is 12.4. The third kappa shape index (κ3) is 2.26. The van der Waals surface area contributed by atoms with Crippen LogP contribution in [0.4, 0.5) is 0 Å². The molecule has 2 rings (SSSR count). The lowest BCUT2D eigenvalue weighted by molar-refractivity contribution is -0.139. The number of rotatable bonds is 3. The Labute approximate surface area is 112 Å². The molecule has 0 radical (unpaired) electrons. The highest BCUT2D eigenvalue weighted by molar-refractivity contribution is 6.16. The normalized spacial score (nSPS) is 28.6. The number of allylic oxidation sites excluding steroid dienone is 3. The van der Waals surface area contributed by atoms with E-state index < -0.39 is 23.8 Å². The third-order valence-corrected chi connectivity index (χ3v) is 3.87. The van der Waals surface area contributed by atoms with Crippen LogP contribution in [-0.4, -0.2) is 35.6 Å². The zero-order chi connectivity index (χ0) is 14.2. The van der Waals surface area contributed by atoms with Crippen LogP contribution in [0.15, 0.2) is 23.8 Å². The van der Waals surface area contributed by atoms with Crippen molar-refractivity contribution in [3.63, 3.8) is 0 Å². The number of amides is 2. The fourth-order valence-corrected chi connectivity index (χ4v) is 2.60. The average Bonchev–Trinajstić information content (AvgIpc) is 2.62. The molecule has 1 fully saturated rings. The molecule has 102 valence electrons. The number of ketones is 1. The summed E-state index contributed by atoms with van der Waals surface area (Å²) in [5, 5.41) is 0. The van der Waals surface area contributed by atoms with Gasteiger partial charge in [0.1, 0.15) is 5.92 Å². The topological polar surface area (TPSA) is 80.5 Å². The van der Waals surface area contributed by atoms with Crippen molar-refractivity contribution < 1.29 is 14.4 Å². The van der Waals surface area contributed by atoms with Crippen LogP contribution in [-0.2, 0) is 14.4 Å². The minimum Gasteiger partial charge on any atom is -0.318 e. The standard InChI is InChI=1S/C14H18N2O3/c1-8-10(14(19)16(2)13(8)18)12(17)11(15)9-6-4-3-5-7-9/h3-4,7-8,10-11H,5-6,15H2,1-2H3/t8-,10+,11?/m0/s1. The van der Waals surface area contributed by atoms with Crippen LogP contribution in [0.25, 0.3) is 0 Å². The molecule has 0 aromatic carbocycles. The molecule has 2 aliphatic rings. The highest BCUT2D eigenvalue weighted by Gasteiger charge is 2.48. The van der Waals surface area contributed by atoms with E-state index >= 15 is 0 Å². The summed E-state index contributed by atoms with van der Waals surface area (Å²) < 4.78 is 0. The van der Waals surface area contributed by atoms with Crippen molar-refractivity contribution in [3.8, 4) is 0 Å². The highest BCUT2D eigenvalue weighted by Crippen LogP contribution is 2.28. The maximum Gasteiger partial charge on any atom is 0.240 e. The Balaban J connectivity index is 2.18. The van der Waals surface area contributed by atoms with E-state index in [1.165, 1.54) is 7.05 Å². The molecule has 2 amide bonds. The summed E-state index contributed by atoms with van der Waals surface area (Å²) in [6.45, 7) is 1.61. The van der Waals surface area contributed by atoms with E-state index in [1.54, 1.807) is 6.92 Å². The van der Waals surface area contributed by atoms with Gasteiger partial charge in [-0.25, -0.2) is 0 Å². The Bertz CT molecular complexity index is 493. The predicted octanol–water partition coefficient (Wildman–Crippen LogP) is 0.410. The van der Waals surface area contributed by atoms with E-state index in [2.05, 4.69) is 0 Å². The van der Waals surface area contributed by atoms with E-state index in [0.717, 1.165) is 16.9 Å². The third-order valence-electron chi connectivity index (χ3n) is 3.87. The lowest BCUT2D eigenvalue weighted by Gasteiger charge is -2.19. The van der Waals surface area contributed by atoms with Crippen molar-refractivity contribution in [1.82, 2.24) is 4.90 Å². The van der Waals surface area contributed by atoms with Crippen molar-refractivity contribution in [2.45, 2.75) is 25.8 Å². The van der Waals surface area contributed by atoms with Crippen LogP contribution in [0.5, 0.6) is 0 Å². The molecule has 0 aromatic heterocycles. The van der Waals surface area contributed by atoms with E-state index in [0.29, 0.717) is 6.42 Å². The molecule has 0 spiro atoms. The Morgan fingerprint density at radius 3 is 2.53 bits per heavy atom. The first-order valence-electron chi connectivity index (χ1n) is 6.39. The number of carbonyl (C=O) groups excluding carboxylic acids is 3. The number of hydrogen-bond donors (Lipinski definition) is 1. The monoisotopic (exact) mass is 262 g/mol. The fourth-order valence-electron chi connectivity index (χ4n) is 2.60. The molecular weight excluding hydrogens is 244 g/mol. The zero-order valence-corrected chi connectivity index (χ0v) is 11.1. The summed E-state index contributed by atoms with van der Waals surface area (Å²) in [6.07, 6.45) is 7.26. The number of nitrogens with zero attached hydrogens (tertiary/aromatic N) is 1. The molecular formula is C14H18N2O3. The SMILES string of the molecule is C[C@@H]1C(=O)N(C)C(=O)[C@H]1C(=O)C(N)C1=CCC=CC1. The van der Waals surface area contributed by atoms with Gasteiger partial charge in [-0.3, -0.25) is 19.3 Å². The van der Waals surface area contributed by atoms with Crippen molar-refractivity contribution in [2.75, 3.05) is 7.05 Å². The smallest absolute Gasteiger partial charge is 0.240 e. The van der Waals surface area contributed by atoms with Gasteiger partial charge < -0.3 is 5.73 Å². The second-order valence-corrected chi connectivity index (χ2v) is 5.07. The molecule has 1 saturated heterocycles. The van der Waals surface area contributed by atoms with E-state index in [9.17, 15) is 14.4 Å². The van der Waals surface area contributed by atoms with Gasteiger partial charge >= 0.3 is 0 Å². The van der Waals surface area contributed by atoms with Gasteiger partial charge in [0, 0.05) is 7.05 Å². The van der Waals surface area contributed by atoms with Crippen molar-refractivity contribution in [1.29, 1.82) is 0 Å². The lowest BCUT2D eigenvalue weighted by atomic mass is 9.85. The maximum absolute atomic E-state index is 12.4. The van der Waals surface area contributed by atoms with E-state index in [1.807, 2.05) is 18.2 Å². The number of likely N-dealkylation sites (tertiary alicyclic amines) is 1. The zero-order valence-electron chi connectivity index (χ0n) is 11.1. The minimum atomic E-state index is -0.931. The Kier molecular flexibility index (Phi) is 3.66. The first kappa shape index (κ1) is 13.7. The van der Waals surface area contributed by atoms with Crippen molar-refractivity contribution in [3.05, 3.63) is 23.8 Å².